The minimum atomic E-state index is -0.354. The van der Waals surface area contributed by atoms with E-state index in [-0.39, 0.29) is 18.0 Å². The SMILES string of the molecule is CC(C)(C)N(Cc1nc(-c2ccccc2)no1)C(=O)Cc1ccccc1. The summed E-state index contributed by atoms with van der Waals surface area (Å²) in [5.74, 6) is 0.994. The van der Waals surface area contributed by atoms with E-state index in [0.29, 0.717) is 18.1 Å². The van der Waals surface area contributed by atoms with E-state index in [0.717, 1.165) is 11.1 Å². The van der Waals surface area contributed by atoms with E-state index in [1.54, 1.807) is 4.90 Å². The summed E-state index contributed by atoms with van der Waals surface area (Å²) < 4.78 is 5.39. The van der Waals surface area contributed by atoms with Crippen LogP contribution in [-0.4, -0.2) is 26.5 Å². The van der Waals surface area contributed by atoms with E-state index in [4.69, 9.17) is 4.52 Å². The van der Waals surface area contributed by atoms with Gasteiger partial charge in [-0.05, 0) is 26.3 Å². The fourth-order valence-corrected chi connectivity index (χ4v) is 2.72. The highest BCUT2D eigenvalue weighted by Gasteiger charge is 2.28. The molecule has 0 saturated heterocycles. The zero-order valence-corrected chi connectivity index (χ0v) is 15.3. The smallest absolute Gasteiger partial charge is 0.246 e. The summed E-state index contributed by atoms with van der Waals surface area (Å²) in [7, 11) is 0. The first kappa shape index (κ1) is 17.9. The van der Waals surface area contributed by atoms with Crippen molar-refractivity contribution < 1.29 is 9.32 Å². The van der Waals surface area contributed by atoms with E-state index >= 15 is 0 Å². The first-order valence-electron chi connectivity index (χ1n) is 8.66. The van der Waals surface area contributed by atoms with Crippen molar-refractivity contribution in [2.75, 3.05) is 0 Å². The molecule has 0 aliphatic carbocycles. The van der Waals surface area contributed by atoms with Gasteiger partial charge in [0.15, 0.2) is 0 Å². The van der Waals surface area contributed by atoms with Crippen LogP contribution in [-0.2, 0) is 17.8 Å². The lowest BCUT2D eigenvalue weighted by Crippen LogP contribution is -2.45. The lowest BCUT2D eigenvalue weighted by atomic mass is 10.0. The molecular formula is C21H23N3O2. The predicted molar refractivity (Wildman–Crippen MR) is 100 cm³/mol. The van der Waals surface area contributed by atoms with Gasteiger partial charge >= 0.3 is 0 Å². The van der Waals surface area contributed by atoms with Crippen molar-refractivity contribution in [1.82, 2.24) is 15.0 Å². The molecule has 0 unspecified atom stereocenters. The molecule has 134 valence electrons. The van der Waals surface area contributed by atoms with Gasteiger partial charge in [-0.2, -0.15) is 4.98 Å². The van der Waals surface area contributed by atoms with Crippen LogP contribution in [0.25, 0.3) is 11.4 Å². The van der Waals surface area contributed by atoms with E-state index < -0.39 is 0 Å². The Morgan fingerprint density at radius 2 is 1.62 bits per heavy atom. The van der Waals surface area contributed by atoms with E-state index in [9.17, 15) is 4.79 Å². The first-order chi connectivity index (χ1) is 12.4. The van der Waals surface area contributed by atoms with Gasteiger partial charge in [-0.1, -0.05) is 65.8 Å². The van der Waals surface area contributed by atoms with Crippen LogP contribution in [0.5, 0.6) is 0 Å². The Kier molecular flexibility index (Phi) is 5.16. The summed E-state index contributed by atoms with van der Waals surface area (Å²) in [4.78, 5) is 19.1. The number of carbonyl (C=O) groups excluding carboxylic acids is 1. The molecule has 26 heavy (non-hydrogen) atoms. The van der Waals surface area contributed by atoms with Crippen LogP contribution in [0.4, 0.5) is 0 Å². The maximum atomic E-state index is 12.9. The number of aromatic nitrogens is 2. The number of benzene rings is 2. The number of amides is 1. The molecule has 1 amide bonds. The van der Waals surface area contributed by atoms with E-state index in [2.05, 4.69) is 10.1 Å². The van der Waals surface area contributed by atoms with Crippen molar-refractivity contribution in [1.29, 1.82) is 0 Å². The van der Waals surface area contributed by atoms with Crippen molar-refractivity contribution in [3.8, 4) is 11.4 Å². The molecule has 2 aromatic carbocycles. The molecule has 0 aliphatic heterocycles. The molecule has 0 N–H and O–H groups in total. The van der Waals surface area contributed by atoms with Gasteiger partial charge in [0.25, 0.3) is 0 Å². The average Bonchev–Trinajstić information content (AvgIpc) is 3.09. The second-order valence-electron chi connectivity index (χ2n) is 7.19. The third kappa shape index (κ3) is 4.36. The Bertz CT molecular complexity index is 852. The van der Waals surface area contributed by atoms with E-state index in [1.807, 2.05) is 81.4 Å². The van der Waals surface area contributed by atoms with Gasteiger partial charge in [0.05, 0.1) is 6.42 Å². The third-order valence-electron chi connectivity index (χ3n) is 4.10. The second-order valence-corrected chi connectivity index (χ2v) is 7.19. The fraction of sp³-hybridized carbons (Fsp3) is 0.286. The molecule has 5 heteroatoms. The van der Waals surface area contributed by atoms with Gasteiger partial charge < -0.3 is 9.42 Å². The van der Waals surface area contributed by atoms with E-state index in [1.165, 1.54) is 0 Å². The van der Waals surface area contributed by atoms with Crippen LogP contribution in [0.2, 0.25) is 0 Å². The molecule has 0 radical (unpaired) electrons. The van der Waals surface area contributed by atoms with Gasteiger partial charge in [-0.15, -0.1) is 0 Å². The summed E-state index contributed by atoms with van der Waals surface area (Å²) in [5.41, 5.74) is 1.52. The van der Waals surface area contributed by atoms with Crippen molar-refractivity contribution in [3.63, 3.8) is 0 Å². The highest BCUT2D eigenvalue weighted by molar-refractivity contribution is 5.79. The van der Waals surface area contributed by atoms with Crippen LogP contribution in [0.1, 0.15) is 32.2 Å². The average molecular weight is 349 g/mol. The Hall–Kier alpha value is -2.95. The number of rotatable bonds is 5. The largest absolute Gasteiger partial charge is 0.337 e. The maximum absolute atomic E-state index is 12.9. The molecule has 0 spiro atoms. The minimum Gasteiger partial charge on any atom is -0.337 e. The molecule has 5 nitrogen and oxygen atoms in total. The third-order valence-corrected chi connectivity index (χ3v) is 4.10. The number of carbonyl (C=O) groups is 1. The quantitative estimate of drug-likeness (QED) is 0.695. The molecule has 3 aromatic rings. The molecule has 0 atom stereocenters. The molecule has 0 aliphatic rings. The van der Waals surface area contributed by atoms with Crippen LogP contribution < -0.4 is 0 Å². The standard InChI is InChI=1S/C21H23N3O2/c1-21(2,3)24(19(25)14-16-10-6-4-7-11-16)15-18-22-20(23-26-18)17-12-8-5-9-13-17/h4-13H,14-15H2,1-3H3. The Labute approximate surface area is 153 Å². The Balaban J connectivity index is 1.77. The van der Waals surface area contributed by atoms with Gasteiger partial charge in [-0.25, -0.2) is 0 Å². The van der Waals surface area contributed by atoms with Gasteiger partial charge in [0.1, 0.15) is 6.54 Å². The normalized spacial score (nSPS) is 11.3. The lowest BCUT2D eigenvalue weighted by molar-refractivity contribution is -0.136. The van der Waals surface area contributed by atoms with Crippen molar-refractivity contribution in [3.05, 3.63) is 72.1 Å². The highest BCUT2D eigenvalue weighted by atomic mass is 16.5. The Morgan fingerprint density at radius 1 is 1.00 bits per heavy atom. The fourth-order valence-electron chi connectivity index (χ4n) is 2.72. The van der Waals surface area contributed by atoms with Gasteiger partial charge in [0.2, 0.25) is 17.6 Å². The first-order valence-corrected chi connectivity index (χ1v) is 8.66. The van der Waals surface area contributed by atoms with Crippen LogP contribution in [0.15, 0.2) is 65.2 Å². The topological polar surface area (TPSA) is 59.2 Å². The molecular weight excluding hydrogens is 326 g/mol. The summed E-state index contributed by atoms with van der Waals surface area (Å²) in [6.45, 7) is 6.30. The molecule has 1 aromatic heterocycles. The van der Waals surface area contributed by atoms with Crippen molar-refractivity contribution in [2.24, 2.45) is 0 Å². The summed E-state index contributed by atoms with van der Waals surface area (Å²) in [6, 6.07) is 19.4. The summed E-state index contributed by atoms with van der Waals surface area (Å²) in [6.07, 6.45) is 0.345. The highest BCUT2D eigenvalue weighted by Crippen LogP contribution is 2.21. The maximum Gasteiger partial charge on any atom is 0.246 e. The minimum absolute atomic E-state index is 0.0307. The number of hydrogen-bond acceptors (Lipinski definition) is 4. The van der Waals surface area contributed by atoms with Gasteiger partial charge in [0, 0.05) is 11.1 Å². The van der Waals surface area contributed by atoms with Gasteiger partial charge in [-0.3, -0.25) is 4.79 Å². The van der Waals surface area contributed by atoms with Crippen LogP contribution in [0.3, 0.4) is 0 Å². The molecule has 0 saturated carbocycles. The summed E-state index contributed by atoms with van der Waals surface area (Å²) >= 11 is 0. The van der Waals surface area contributed by atoms with Crippen molar-refractivity contribution >= 4 is 5.91 Å². The number of hydrogen-bond donors (Lipinski definition) is 0. The zero-order chi connectivity index (χ0) is 18.6. The van der Waals surface area contributed by atoms with Crippen LogP contribution in [0, 0.1) is 0 Å². The molecule has 1 heterocycles. The summed E-state index contributed by atoms with van der Waals surface area (Å²) in [5, 5.41) is 4.04. The molecule has 3 rings (SSSR count). The number of nitrogens with zero attached hydrogens (tertiary/aromatic N) is 3. The molecule has 0 bridgehead atoms. The van der Waals surface area contributed by atoms with Crippen molar-refractivity contribution in [2.45, 2.75) is 39.3 Å². The predicted octanol–water partition coefficient (Wildman–Crippen LogP) is 4.11. The molecule has 0 fully saturated rings. The lowest BCUT2D eigenvalue weighted by Gasteiger charge is -2.34. The monoisotopic (exact) mass is 349 g/mol. The zero-order valence-electron chi connectivity index (χ0n) is 15.3. The van der Waals surface area contributed by atoms with Crippen LogP contribution >= 0.6 is 0 Å². The Morgan fingerprint density at radius 3 is 2.23 bits per heavy atom. The second kappa shape index (κ2) is 7.52.